The molecule has 0 saturated heterocycles. The molecule has 0 nitrogen and oxygen atoms in total. The highest BCUT2D eigenvalue weighted by Crippen LogP contribution is 2.05. The highest BCUT2D eigenvalue weighted by atomic mass is 32.2. The van der Waals surface area contributed by atoms with Crippen molar-refractivity contribution in [2.75, 3.05) is 5.75 Å². The summed E-state index contributed by atoms with van der Waals surface area (Å²) in [7, 11) is 0. The smallest absolute Gasteiger partial charge is 0.0242 e. The summed E-state index contributed by atoms with van der Waals surface area (Å²) in [5, 5.41) is 0.532. The highest BCUT2D eigenvalue weighted by Gasteiger charge is 1.85. The van der Waals surface area contributed by atoms with E-state index >= 15 is 0 Å². The van der Waals surface area contributed by atoms with Gasteiger partial charge in [0.15, 0.2) is 0 Å². The van der Waals surface area contributed by atoms with Gasteiger partial charge >= 0.3 is 0 Å². The molecule has 0 aromatic rings. The van der Waals surface area contributed by atoms with Gasteiger partial charge in [-0.15, -0.1) is 0 Å². The minimum Gasteiger partial charge on any atom is -0.159 e. The molecule has 0 N–H and O–H groups in total. The monoisotopic (exact) mass is 106 g/mol. The standard InChI is InChI=1S/C5H12S/c1-4-6-5(2)3/h5H,4H2,1-3H3/i2T. The zero-order valence-electron chi connectivity index (χ0n) is 5.40. The molecule has 0 bridgehead atoms. The third-order valence-electron chi connectivity index (χ3n) is 0.451. The fourth-order valence-corrected chi connectivity index (χ4v) is 0.854. The first-order chi connectivity index (χ1) is 3.31. The van der Waals surface area contributed by atoms with Gasteiger partial charge in [-0.05, 0) is 11.0 Å². The molecule has 1 unspecified atom stereocenters. The Balaban J connectivity index is 2.83. The third-order valence-corrected chi connectivity index (χ3v) is 1.35. The van der Waals surface area contributed by atoms with Gasteiger partial charge in [0.1, 0.15) is 0 Å². The van der Waals surface area contributed by atoms with Crippen molar-refractivity contribution in [2.45, 2.75) is 26.0 Å². The van der Waals surface area contributed by atoms with Gasteiger partial charge in [0, 0.05) is 1.37 Å². The topological polar surface area (TPSA) is 0 Å². The van der Waals surface area contributed by atoms with Crippen LogP contribution in [0.1, 0.15) is 22.1 Å². The summed E-state index contributed by atoms with van der Waals surface area (Å²) in [6.45, 7) is 4.76. The average molecular weight is 106 g/mol. The van der Waals surface area contributed by atoms with Crippen LogP contribution in [-0.4, -0.2) is 11.0 Å². The number of rotatable bonds is 2. The number of hydrogen-bond acceptors (Lipinski definition) is 1. The quantitative estimate of drug-likeness (QED) is 0.519. The molecule has 0 aliphatic rings. The van der Waals surface area contributed by atoms with Gasteiger partial charge in [0.25, 0.3) is 0 Å². The number of hydrogen-bond donors (Lipinski definition) is 0. The van der Waals surface area contributed by atoms with Crippen molar-refractivity contribution >= 4 is 11.8 Å². The van der Waals surface area contributed by atoms with E-state index in [1.807, 2.05) is 11.8 Å². The Morgan fingerprint density at radius 2 is 2.67 bits per heavy atom. The van der Waals surface area contributed by atoms with Gasteiger partial charge in [0.05, 0.1) is 0 Å². The van der Waals surface area contributed by atoms with Crippen LogP contribution >= 0.6 is 11.8 Å². The first-order valence-corrected chi connectivity index (χ1v) is 3.27. The Morgan fingerprint density at radius 3 is 2.83 bits per heavy atom. The zero-order chi connectivity index (χ0) is 5.70. The van der Waals surface area contributed by atoms with E-state index in [1.54, 1.807) is 0 Å². The molecule has 0 saturated carbocycles. The molecule has 0 aliphatic heterocycles. The highest BCUT2D eigenvalue weighted by molar-refractivity contribution is 7.99. The van der Waals surface area contributed by atoms with Crippen molar-refractivity contribution in [1.29, 1.82) is 0 Å². The first kappa shape index (κ1) is 4.51. The van der Waals surface area contributed by atoms with Crippen LogP contribution in [0.4, 0.5) is 0 Å². The van der Waals surface area contributed by atoms with Crippen LogP contribution in [0.25, 0.3) is 0 Å². The molecule has 0 amide bonds. The van der Waals surface area contributed by atoms with Gasteiger partial charge in [0.2, 0.25) is 0 Å². The molecule has 0 fully saturated rings. The van der Waals surface area contributed by atoms with Gasteiger partial charge in [-0.3, -0.25) is 0 Å². The maximum absolute atomic E-state index is 6.89. The van der Waals surface area contributed by atoms with Gasteiger partial charge in [-0.1, -0.05) is 20.7 Å². The van der Waals surface area contributed by atoms with Crippen LogP contribution in [0.15, 0.2) is 0 Å². The second-order valence-corrected chi connectivity index (χ2v) is 2.98. The maximum atomic E-state index is 6.89. The molecule has 0 rings (SSSR count). The van der Waals surface area contributed by atoms with Gasteiger partial charge in [-0.2, -0.15) is 11.8 Å². The lowest BCUT2D eigenvalue weighted by Crippen LogP contribution is -1.84. The van der Waals surface area contributed by atoms with Gasteiger partial charge < -0.3 is 0 Å². The van der Waals surface area contributed by atoms with Crippen molar-refractivity contribution < 1.29 is 1.37 Å². The summed E-state index contributed by atoms with van der Waals surface area (Å²) in [6.07, 6.45) is 0. The minimum absolute atomic E-state index is 0.532. The van der Waals surface area contributed by atoms with E-state index in [2.05, 4.69) is 13.8 Å². The summed E-state index contributed by atoms with van der Waals surface area (Å²) >= 11 is 1.84. The van der Waals surface area contributed by atoms with Crippen molar-refractivity contribution in [1.82, 2.24) is 0 Å². The Hall–Kier alpha value is 0.350. The molecular formula is C5H12S. The van der Waals surface area contributed by atoms with Crippen molar-refractivity contribution in [3.8, 4) is 0 Å². The average Bonchev–Trinajstić information content (AvgIpc) is 1.68. The van der Waals surface area contributed by atoms with Crippen molar-refractivity contribution in [3.63, 3.8) is 0 Å². The summed E-state index contributed by atoms with van der Waals surface area (Å²) in [6, 6.07) is 0. The largest absolute Gasteiger partial charge is 0.159 e. The summed E-state index contributed by atoms with van der Waals surface area (Å²) in [4.78, 5) is 0. The van der Waals surface area contributed by atoms with Crippen molar-refractivity contribution in [2.24, 2.45) is 0 Å². The van der Waals surface area contributed by atoms with E-state index < -0.39 is 0 Å². The maximum Gasteiger partial charge on any atom is 0.0242 e. The molecule has 1 heteroatoms. The fraction of sp³-hybridized carbons (Fsp3) is 1.00. The van der Waals surface area contributed by atoms with Crippen LogP contribution in [0, 0.1) is 0 Å². The molecule has 0 aromatic heterocycles. The molecule has 0 heterocycles. The van der Waals surface area contributed by atoms with E-state index in [9.17, 15) is 0 Å². The Kier molecular flexibility index (Phi) is 2.66. The van der Waals surface area contributed by atoms with Crippen LogP contribution in [0.5, 0.6) is 0 Å². The predicted molar refractivity (Wildman–Crippen MR) is 33.3 cm³/mol. The SMILES string of the molecule is [3H]CC(C)SCC. The second-order valence-electron chi connectivity index (χ2n) is 1.27. The van der Waals surface area contributed by atoms with Gasteiger partial charge in [-0.25, -0.2) is 0 Å². The zero-order valence-corrected chi connectivity index (χ0v) is 5.22. The second kappa shape index (κ2) is 3.54. The first-order valence-electron chi connectivity index (χ1n) is 2.92. The van der Waals surface area contributed by atoms with E-state index in [4.69, 9.17) is 1.37 Å². The predicted octanol–water partition coefficient (Wildman–Crippen LogP) is 2.15. The normalized spacial score (nSPS) is 16.7. The lowest BCUT2D eigenvalue weighted by molar-refractivity contribution is 1.11. The third kappa shape index (κ3) is 4.35. The Morgan fingerprint density at radius 1 is 2.00 bits per heavy atom. The molecule has 6 heavy (non-hydrogen) atoms. The Labute approximate surface area is 45.7 Å². The summed E-state index contributed by atoms with van der Waals surface area (Å²) in [5.74, 6) is 1.14. The molecule has 0 spiro atoms. The lowest BCUT2D eigenvalue weighted by atomic mass is 10.6. The van der Waals surface area contributed by atoms with E-state index in [0.29, 0.717) is 12.1 Å². The fourth-order valence-electron chi connectivity index (χ4n) is 0.285. The summed E-state index contributed by atoms with van der Waals surface area (Å²) in [5.41, 5.74) is 0. The van der Waals surface area contributed by atoms with Crippen molar-refractivity contribution in [3.05, 3.63) is 0 Å². The molecule has 0 aromatic carbocycles. The summed E-state index contributed by atoms with van der Waals surface area (Å²) < 4.78 is 6.89. The van der Waals surface area contributed by atoms with Crippen LogP contribution in [0.3, 0.4) is 0 Å². The molecule has 1 atom stereocenters. The lowest BCUT2D eigenvalue weighted by Gasteiger charge is -1.96. The molecule has 38 valence electrons. The van der Waals surface area contributed by atoms with E-state index in [-0.39, 0.29) is 0 Å². The Bertz CT molecular complexity index is 39.1. The molecule has 0 radical (unpaired) electrons. The minimum atomic E-state index is 0.532. The van der Waals surface area contributed by atoms with E-state index in [0.717, 1.165) is 5.75 Å². The molecule has 0 aliphatic carbocycles. The van der Waals surface area contributed by atoms with Crippen LogP contribution < -0.4 is 0 Å². The van der Waals surface area contributed by atoms with Crippen LogP contribution in [-0.2, 0) is 0 Å². The number of thioether (sulfide) groups is 1. The van der Waals surface area contributed by atoms with E-state index in [1.165, 1.54) is 0 Å². The molecular weight excluding hydrogens is 92.1 g/mol. The van der Waals surface area contributed by atoms with Crippen LogP contribution in [0.2, 0.25) is 0 Å².